The van der Waals surface area contributed by atoms with Crippen LogP contribution in [0.2, 0.25) is 0 Å². The number of fused-ring (bicyclic) bond motifs is 2. The summed E-state index contributed by atoms with van der Waals surface area (Å²) in [7, 11) is 2.14. The molecule has 0 radical (unpaired) electrons. The lowest BCUT2D eigenvalue weighted by Crippen LogP contribution is -2.34. The first-order chi connectivity index (χ1) is 15.5. The van der Waals surface area contributed by atoms with E-state index in [1.54, 1.807) is 0 Å². The fraction of sp³-hybridized carbons (Fsp3) is 0.480. The van der Waals surface area contributed by atoms with E-state index in [9.17, 15) is 9.90 Å². The van der Waals surface area contributed by atoms with Crippen molar-refractivity contribution < 1.29 is 14.6 Å². The van der Waals surface area contributed by atoms with Crippen molar-refractivity contribution >= 4 is 51.2 Å². The Kier molecular flexibility index (Phi) is 14.4. The third-order valence-corrected chi connectivity index (χ3v) is 5.56. The Balaban J connectivity index is 0.00000121. The third kappa shape index (κ3) is 8.14. The maximum absolute atomic E-state index is 12.0. The molecule has 7 heteroatoms. The number of benzene rings is 2. The lowest BCUT2D eigenvalue weighted by atomic mass is 9.87. The summed E-state index contributed by atoms with van der Waals surface area (Å²) in [6.45, 7) is 9.57. The largest absolute Gasteiger partial charge is 0.481 e. The van der Waals surface area contributed by atoms with Crippen LogP contribution in [0.3, 0.4) is 0 Å². The number of rotatable bonds is 9. The first-order valence-electron chi connectivity index (χ1n) is 10.8. The molecule has 2 aromatic carbocycles. The van der Waals surface area contributed by atoms with Gasteiger partial charge in [0.1, 0.15) is 17.4 Å². The molecule has 0 aromatic heterocycles. The van der Waals surface area contributed by atoms with Crippen LogP contribution in [0.15, 0.2) is 42.5 Å². The van der Waals surface area contributed by atoms with Gasteiger partial charge in [0, 0.05) is 30.8 Å². The van der Waals surface area contributed by atoms with Gasteiger partial charge in [-0.05, 0) is 54.1 Å². The minimum Gasteiger partial charge on any atom is -0.481 e. The smallest absolute Gasteiger partial charge is 0.315 e. The van der Waals surface area contributed by atoms with E-state index in [0.717, 1.165) is 55.8 Å². The molecule has 0 saturated carbocycles. The second-order valence-electron chi connectivity index (χ2n) is 7.36. The molecule has 3 rings (SSSR count). The van der Waals surface area contributed by atoms with Crippen LogP contribution >= 0.6 is 45.2 Å². The van der Waals surface area contributed by atoms with Crippen molar-refractivity contribution in [3.05, 3.63) is 59.2 Å². The number of nitrogens with zero attached hydrogens (tertiary/aromatic N) is 2. The summed E-state index contributed by atoms with van der Waals surface area (Å²) in [5.74, 6) is -0.248. The fourth-order valence-corrected chi connectivity index (χ4v) is 3.72. The third-order valence-electron chi connectivity index (χ3n) is 5.56. The number of likely N-dealkylation sites (N-methyl/N-ethyl adjacent to an activating group) is 2. The molecule has 178 valence electrons. The number of carbonyl (C=O) groups is 1. The number of ether oxygens (including phenoxy) is 1. The maximum atomic E-state index is 12.0. The van der Waals surface area contributed by atoms with Crippen LogP contribution in [0.4, 0.5) is 0 Å². The normalized spacial score (nSPS) is 13.7. The molecule has 32 heavy (non-hydrogen) atoms. The minimum atomic E-state index is -0.842. The summed E-state index contributed by atoms with van der Waals surface area (Å²) in [6.07, 6.45) is 0.885. The zero-order chi connectivity index (χ0) is 24.1. The lowest BCUT2D eigenvalue weighted by Gasteiger charge is -2.26. The highest BCUT2D eigenvalue weighted by Gasteiger charge is 2.32. The predicted octanol–water partition coefficient (Wildman–Crippen LogP) is 5.93. The summed E-state index contributed by atoms with van der Waals surface area (Å²) in [5.41, 5.74) is 2.60. The zero-order valence-corrected chi connectivity index (χ0v) is 24.1. The van der Waals surface area contributed by atoms with Gasteiger partial charge in [-0.1, -0.05) is 89.4 Å². The van der Waals surface area contributed by atoms with Gasteiger partial charge in [0.15, 0.2) is 0 Å². The van der Waals surface area contributed by atoms with Crippen LogP contribution in [-0.2, 0) is 11.2 Å². The van der Waals surface area contributed by atoms with Crippen molar-refractivity contribution in [2.75, 3.05) is 49.6 Å². The Bertz CT molecular complexity index is 829. The summed E-state index contributed by atoms with van der Waals surface area (Å²) in [4.78, 5) is 20.7. The van der Waals surface area contributed by atoms with Gasteiger partial charge in [-0.25, -0.2) is 0 Å². The van der Waals surface area contributed by atoms with Crippen LogP contribution in [0, 0.1) is 0 Å². The van der Waals surface area contributed by atoms with Gasteiger partial charge in [0.05, 0.1) is 0 Å². The average molecular weight is 666 g/mol. The molecule has 1 atom stereocenters. The van der Waals surface area contributed by atoms with E-state index in [4.69, 9.17) is 4.74 Å². The van der Waals surface area contributed by atoms with Gasteiger partial charge in [-0.2, -0.15) is 0 Å². The minimum absolute atomic E-state index is 0.631. The summed E-state index contributed by atoms with van der Waals surface area (Å²) >= 11 is 4.30. The number of aliphatic carboxylic acids is 1. The highest BCUT2D eigenvalue weighted by Crippen LogP contribution is 2.44. The second-order valence-corrected chi connectivity index (χ2v) is 7.36. The van der Waals surface area contributed by atoms with E-state index in [1.807, 2.05) is 52.3 Å². The van der Waals surface area contributed by atoms with Gasteiger partial charge in [-0.15, -0.1) is 0 Å². The van der Waals surface area contributed by atoms with E-state index in [1.165, 1.54) is 0 Å². The topological polar surface area (TPSA) is 53.0 Å². The Labute approximate surface area is 220 Å². The number of carboxylic acid groups (broad SMARTS) is 1. The predicted molar refractivity (Wildman–Crippen MR) is 151 cm³/mol. The van der Waals surface area contributed by atoms with Crippen LogP contribution < -0.4 is 4.74 Å². The van der Waals surface area contributed by atoms with E-state index in [2.05, 4.69) is 75.9 Å². The van der Waals surface area contributed by atoms with Crippen molar-refractivity contribution in [1.82, 2.24) is 9.80 Å². The first kappa shape index (κ1) is 29.1. The Hall–Kier alpha value is -0.910. The molecule has 0 saturated heterocycles. The van der Waals surface area contributed by atoms with E-state index in [0.29, 0.717) is 11.5 Å². The number of halogens is 2. The van der Waals surface area contributed by atoms with E-state index < -0.39 is 11.9 Å². The van der Waals surface area contributed by atoms with Gasteiger partial charge in [-0.3, -0.25) is 4.79 Å². The van der Waals surface area contributed by atoms with E-state index in [-0.39, 0.29) is 0 Å². The summed E-state index contributed by atoms with van der Waals surface area (Å²) in [5, 5.41) is 9.84. The molecule has 1 aliphatic rings. The van der Waals surface area contributed by atoms with Gasteiger partial charge >= 0.3 is 5.97 Å². The molecule has 1 unspecified atom stereocenters. The van der Waals surface area contributed by atoms with Crippen LogP contribution in [0.5, 0.6) is 11.5 Å². The average Bonchev–Trinajstić information content (AvgIpc) is 2.84. The number of alkyl halides is 2. The summed E-state index contributed by atoms with van der Waals surface area (Å²) in [6, 6.07) is 13.3. The zero-order valence-electron chi connectivity index (χ0n) is 19.8. The second kappa shape index (κ2) is 15.8. The Morgan fingerprint density at radius 1 is 0.938 bits per heavy atom. The standard InChI is InChI=1S/C23H30N2O3.2CH3I/c1-4-25(5-2)15-14-24(3)13-12-17-10-11-21-19(16-17)22(23(26)27)18-8-6-7-9-20(18)28-21;2*1-2/h6-11,16,22H,4-5,12-15H2,1-3H3,(H,26,27);2*1H3. The maximum Gasteiger partial charge on any atom is 0.315 e. The SMILES string of the molecule is CCN(CC)CCN(C)CCc1ccc2c(c1)C(C(=O)O)c1ccccc1O2.CI.CI. The number of hydrogen-bond acceptors (Lipinski definition) is 4. The van der Waals surface area contributed by atoms with Crippen molar-refractivity contribution in [3.8, 4) is 11.5 Å². The number of para-hydroxylation sites is 1. The lowest BCUT2D eigenvalue weighted by molar-refractivity contribution is -0.137. The van der Waals surface area contributed by atoms with Crippen LogP contribution in [0.1, 0.15) is 36.5 Å². The molecule has 2 aromatic rings. The van der Waals surface area contributed by atoms with Gasteiger partial charge < -0.3 is 19.6 Å². The van der Waals surface area contributed by atoms with Crippen LogP contribution in [0.25, 0.3) is 0 Å². The molecular formula is C25H36I2N2O3. The molecule has 0 amide bonds. The quantitative estimate of drug-likeness (QED) is 0.266. The monoisotopic (exact) mass is 666 g/mol. The first-order valence-corrected chi connectivity index (χ1v) is 15.1. The van der Waals surface area contributed by atoms with Crippen molar-refractivity contribution in [3.63, 3.8) is 0 Å². The number of carboxylic acids is 1. The summed E-state index contributed by atoms with van der Waals surface area (Å²) < 4.78 is 5.95. The Morgan fingerprint density at radius 2 is 1.56 bits per heavy atom. The molecule has 0 fully saturated rings. The molecular weight excluding hydrogens is 630 g/mol. The highest BCUT2D eigenvalue weighted by molar-refractivity contribution is 14.1. The molecule has 1 aliphatic heterocycles. The van der Waals surface area contributed by atoms with Crippen molar-refractivity contribution in [1.29, 1.82) is 0 Å². The Morgan fingerprint density at radius 3 is 2.19 bits per heavy atom. The van der Waals surface area contributed by atoms with Crippen LogP contribution in [-0.4, -0.2) is 70.5 Å². The molecule has 0 bridgehead atoms. The van der Waals surface area contributed by atoms with Gasteiger partial charge in [0.2, 0.25) is 0 Å². The molecule has 1 heterocycles. The number of hydrogen-bond donors (Lipinski definition) is 1. The van der Waals surface area contributed by atoms with Crippen molar-refractivity contribution in [2.24, 2.45) is 0 Å². The molecule has 0 spiro atoms. The molecule has 5 nitrogen and oxygen atoms in total. The molecule has 0 aliphatic carbocycles. The fourth-order valence-electron chi connectivity index (χ4n) is 3.72. The highest BCUT2D eigenvalue weighted by atomic mass is 127. The van der Waals surface area contributed by atoms with Gasteiger partial charge in [0.25, 0.3) is 0 Å². The molecule has 1 N–H and O–H groups in total. The van der Waals surface area contributed by atoms with Crippen molar-refractivity contribution in [2.45, 2.75) is 26.2 Å². The van der Waals surface area contributed by atoms with E-state index >= 15 is 0 Å².